The van der Waals surface area contributed by atoms with E-state index in [0.717, 1.165) is 30.6 Å². The Morgan fingerprint density at radius 3 is 2.62 bits per heavy atom. The maximum atomic E-state index is 12.6. The lowest BCUT2D eigenvalue weighted by molar-refractivity contribution is 0.0607. The Morgan fingerprint density at radius 2 is 1.92 bits per heavy atom. The van der Waals surface area contributed by atoms with Crippen LogP contribution in [0.3, 0.4) is 0 Å². The molecule has 0 aromatic carbocycles. The number of nitrogens with zero attached hydrogens (tertiary/aromatic N) is 1. The second kappa shape index (κ2) is 7.60. The highest BCUT2D eigenvalue weighted by atomic mass is 32.2. The van der Waals surface area contributed by atoms with Gasteiger partial charge in [-0.3, -0.25) is 4.79 Å². The molecule has 1 fully saturated rings. The third-order valence-corrected chi connectivity index (χ3v) is 6.67. The van der Waals surface area contributed by atoms with E-state index < -0.39 is 21.9 Å². The molecule has 3 heterocycles. The highest BCUT2D eigenvalue weighted by Crippen LogP contribution is 2.25. The predicted octanol–water partition coefficient (Wildman–Crippen LogP) is 2.55. The highest BCUT2D eigenvalue weighted by Gasteiger charge is 2.30. The molecule has 0 spiro atoms. The van der Waals surface area contributed by atoms with Crippen LogP contribution in [-0.2, 0) is 14.8 Å². The van der Waals surface area contributed by atoms with Crippen LogP contribution in [0.4, 0.5) is 5.69 Å². The summed E-state index contributed by atoms with van der Waals surface area (Å²) in [5.74, 6) is -1.36. The van der Waals surface area contributed by atoms with E-state index in [-0.39, 0.29) is 21.4 Å². The zero-order valence-corrected chi connectivity index (χ0v) is 15.7. The normalized spacial score (nSPS) is 15.6. The molecule has 2 aromatic rings. The summed E-state index contributed by atoms with van der Waals surface area (Å²) < 4.78 is 36.4. The van der Waals surface area contributed by atoms with Crippen LogP contribution in [0.2, 0.25) is 0 Å². The Hall–Kier alpha value is -2.17. The average molecular weight is 398 g/mol. The van der Waals surface area contributed by atoms with E-state index in [2.05, 4.69) is 10.1 Å². The molecule has 3 rings (SSSR count). The molecule has 1 saturated heterocycles. The first-order valence-corrected chi connectivity index (χ1v) is 10.3. The molecule has 26 heavy (non-hydrogen) atoms. The van der Waals surface area contributed by atoms with Gasteiger partial charge in [-0.1, -0.05) is 6.42 Å². The van der Waals surface area contributed by atoms with Crippen molar-refractivity contribution in [3.63, 3.8) is 0 Å². The van der Waals surface area contributed by atoms with E-state index in [1.807, 2.05) is 0 Å². The molecule has 0 aliphatic carbocycles. The second-order valence-corrected chi connectivity index (χ2v) is 8.48. The van der Waals surface area contributed by atoms with Crippen LogP contribution < -0.4 is 5.32 Å². The second-order valence-electron chi connectivity index (χ2n) is 5.69. The number of thiophene rings is 1. The lowest BCUT2D eigenvalue weighted by Crippen LogP contribution is -2.35. The summed E-state index contributed by atoms with van der Waals surface area (Å²) in [5.41, 5.74) is 0.281. The van der Waals surface area contributed by atoms with Gasteiger partial charge in [-0.2, -0.15) is 4.31 Å². The molecule has 1 N–H and O–H groups in total. The molecule has 2 aromatic heterocycles. The van der Waals surface area contributed by atoms with Crippen molar-refractivity contribution in [1.29, 1.82) is 0 Å². The lowest BCUT2D eigenvalue weighted by atomic mass is 10.2. The molecule has 140 valence electrons. The number of hydrogen-bond acceptors (Lipinski definition) is 7. The zero-order valence-electron chi connectivity index (χ0n) is 14.1. The molecule has 0 saturated carbocycles. The minimum atomic E-state index is -3.75. The SMILES string of the molecule is COC(=O)c1sccc1NC(=O)c1ccc(S(=O)(=O)N2CCCCC2)o1. The van der Waals surface area contributed by atoms with Gasteiger partial charge in [0.2, 0.25) is 5.09 Å². The molecule has 10 heteroatoms. The summed E-state index contributed by atoms with van der Waals surface area (Å²) in [6.45, 7) is 0.893. The van der Waals surface area contributed by atoms with E-state index in [9.17, 15) is 18.0 Å². The summed E-state index contributed by atoms with van der Waals surface area (Å²) >= 11 is 1.13. The first kappa shape index (κ1) is 18.6. The predicted molar refractivity (Wildman–Crippen MR) is 94.9 cm³/mol. The number of piperidine rings is 1. The Morgan fingerprint density at radius 1 is 1.19 bits per heavy atom. The molecule has 1 aliphatic heterocycles. The van der Waals surface area contributed by atoms with E-state index >= 15 is 0 Å². The van der Waals surface area contributed by atoms with Crippen LogP contribution in [0, 0.1) is 0 Å². The van der Waals surface area contributed by atoms with Gasteiger partial charge in [-0.15, -0.1) is 11.3 Å². The smallest absolute Gasteiger partial charge is 0.350 e. The van der Waals surface area contributed by atoms with Crippen LogP contribution in [0.1, 0.15) is 39.5 Å². The van der Waals surface area contributed by atoms with Gasteiger partial charge in [0.15, 0.2) is 5.76 Å². The van der Waals surface area contributed by atoms with Crippen LogP contribution in [0.5, 0.6) is 0 Å². The summed E-state index contributed by atoms with van der Waals surface area (Å²) in [4.78, 5) is 24.2. The first-order chi connectivity index (χ1) is 12.4. The fourth-order valence-corrected chi connectivity index (χ4v) is 4.85. The van der Waals surface area contributed by atoms with Crippen LogP contribution >= 0.6 is 11.3 Å². The van der Waals surface area contributed by atoms with E-state index in [0.29, 0.717) is 13.1 Å². The van der Waals surface area contributed by atoms with Crippen LogP contribution in [-0.4, -0.2) is 44.8 Å². The first-order valence-electron chi connectivity index (χ1n) is 8.00. The Kier molecular flexibility index (Phi) is 5.44. The summed E-state index contributed by atoms with van der Waals surface area (Å²) in [6, 6.07) is 4.13. The molecule has 0 atom stereocenters. The molecular formula is C16H18N2O6S2. The van der Waals surface area contributed by atoms with Gasteiger partial charge < -0.3 is 14.5 Å². The number of sulfonamides is 1. The standard InChI is InChI=1S/C16H18N2O6S2/c1-23-16(20)14-11(7-10-25-14)17-15(19)12-5-6-13(24-12)26(21,22)18-8-3-2-4-9-18/h5-7,10H,2-4,8-9H2,1H3,(H,17,19). The number of hydrogen-bond donors (Lipinski definition) is 1. The molecule has 0 radical (unpaired) electrons. The maximum absolute atomic E-state index is 12.6. The number of carbonyl (C=O) groups is 2. The van der Waals surface area contributed by atoms with Crippen LogP contribution in [0.25, 0.3) is 0 Å². The minimum Gasteiger partial charge on any atom is -0.465 e. The zero-order chi connectivity index (χ0) is 18.7. The van der Waals surface area contributed by atoms with Crippen molar-refractivity contribution in [3.05, 3.63) is 34.2 Å². The molecule has 8 nitrogen and oxygen atoms in total. The van der Waals surface area contributed by atoms with Crippen molar-refractivity contribution in [2.24, 2.45) is 0 Å². The van der Waals surface area contributed by atoms with Gasteiger partial charge in [0.05, 0.1) is 12.8 Å². The number of esters is 1. The number of methoxy groups -OCH3 is 1. The summed E-state index contributed by atoms with van der Waals surface area (Å²) in [6.07, 6.45) is 2.62. The molecule has 1 aliphatic rings. The van der Waals surface area contributed by atoms with Gasteiger partial charge in [0.1, 0.15) is 4.88 Å². The van der Waals surface area contributed by atoms with Gasteiger partial charge in [0, 0.05) is 13.1 Å². The maximum Gasteiger partial charge on any atom is 0.350 e. The number of furan rings is 1. The molecule has 1 amide bonds. The van der Waals surface area contributed by atoms with Gasteiger partial charge in [-0.05, 0) is 36.4 Å². The summed E-state index contributed by atoms with van der Waals surface area (Å²) in [7, 11) is -2.50. The van der Waals surface area contributed by atoms with Gasteiger partial charge >= 0.3 is 5.97 Å². The molecule has 0 bridgehead atoms. The van der Waals surface area contributed by atoms with Crippen molar-refractivity contribution in [1.82, 2.24) is 4.31 Å². The monoisotopic (exact) mass is 398 g/mol. The quantitative estimate of drug-likeness (QED) is 0.776. The van der Waals surface area contributed by atoms with Gasteiger partial charge in [-0.25, -0.2) is 13.2 Å². The van der Waals surface area contributed by atoms with Crippen molar-refractivity contribution in [2.45, 2.75) is 24.4 Å². The number of rotatable bonds is 5. The van der Waals surface area contributed by atoms with Gasteiger partial charge in [0.25, 0.3) is 15.9 Å². The Labute approximate surface area is 154 Å². The molecular weight excluding hydrogens is 380 g/mol. The minimum absolute atomic E-state index is 0.150. The third kappa shape index (κ3) is 3.67. The number of anilines is 1. The van der Waals surface area contributed by atoms with Crippen LogP contribution in [0.15, 0.2) is 33.1 Å². The largest absolute Gasteiger partial charge is 0.465 e. The van der Waals surface area contributed by atoms with E-state index in [4.69, 9.17) is 4.42 Å². The Bertz CT molecular complexity index is 909. The highest BCUT2D eigenvalue weighted by molar-refractivity contribution is 7.89. The number of nitrogens with one attached hydrogen (secondary N) is 1. The molecule has 0 unspecified atom stereocenters. The van der Waals surface area contributed by atoms with E-state index in [1.165, 1.54) is 23.5 Å². The fraction of sp³-hybridized carbons (Fsp3) is 0.375. The van der Waals surface area contributed by atoms with Crippen molar-refractivity contribution >= 4 is 38.9 Å². The number of amides is 1. The Balaban J connectivity index is 1.76. The average Bonchev–Trinajstić information content (AvgIpc) is 3.31. The number of ether oxygens (including phenoxy) is 1. The van der Waals surface area contributed by atoms with Crippen molar-refractivity contribution in [2.75, 3.05) is 25.5 Å². The third-order valence-electron chi connectivity index (χ3n) is 4.00. The summed E-state index contributed by atoms with van der Waals surface area (Å²) in [5, 5.41) is 3.91. The van der Waals surface area contributed by atoms with E-state index in [1.54, 1.807) is 11.4 Å². The topological polar surface area (TPSA) is 106 Å². The van der Waals surface area contributed by atoms with Crippen molar-refractivity contribution < 1.29 is 27.2 Å². The van der Waals surface area contributed by atoms with Crippen molar-refractivity contribution in [3.8, 4) is 0 Å². The lowest BCUT2D eigenvalue weighted by Gasteiger charge is -2.24. The number of carbonyl (C=O) groups excluding carboxylic acids is 2. The fourth-order valence-electron chi connectivity index (χ4n) is 2.66.